The molecule has 0 aliphatic heterocycles. The third kappa shape index (κ3) is 5.79. The van der Waals surface area contributed by atoms with Gasteiger partial charge in [-0.2, -0.15) is 0 Å². The Morgan fingerprint density at radius 3 is 2.76 bits per heavy atom. The average molecular weight is 415 g/mol. The highest BCUT2D eigenvalue weighted by molar-refractivity contribution is 6.30. The lowest BCUT2D eigenvalue weighted by molar-refractivity contribution is -0.124. The molecule has 0 atom stereocenters. The number of carbonyl (C=O) groups excluding carboxylic acids is 2. The maximum Gasteiger partial charge on any atom is 0.245 e. The van der Waals surface area contributed by atoms with E-state index in [0.29, 0.717) is 30.1 Å². The van der Waals surface area contributed by atoms with E-state index < -0.39 is 0 Å². The number of benzene rings is 2. The van der Waals surface area contributed by atoms with E-state index in [1.54, 1.807) is 24.3 Å². The lowest BCUT2D eigenvalue weighted by atomic mass is 10.3. The number of para-hydroxylation sites is 2. The number of amides is 2. The number of imidazole rings is 1. The van der Waals surface area contributed by atoms with Crippen molar-refractivity contribution in [2.75, 3.05) is 25.6 Å². The van der Waals surface area contributed by atoms with Crippen LogP contribution in [-0.2, 0) is 27.3 Å². The van der Waals surface area contributed by atoms with E-state index in [1.165, 1.54) is 7.11 Å². The van der Waals surface area contributed by atoms with Crippen LogP contribution in [0.15, 0.2) is 48.5 Å². The Balaban J connectivity index is 1.69. The van der Waals surface area contributed by atoms with E-state index in [-0.39, 0.29) is 25.0 Å². The number of methoxy groups -OCH3 is 1. The van der Waals surface area contributed by atoms with E-state index in [1.807, 2.05) is 28.8 Å². The number of hydrogen-bond donors (Lipinski definition) is 2. The molecule has 0 spiro atoms. The summed E-state index contributed by atoms with van der Waals surface area (Å²) in [4.78, 5) is 28.8. The quantitative estimate of drug-likeness (QED) is 0.527. The molecule has 1 heterocycles. The Labute approximate surface area is 174 Å². The van der Waals surface area contributed by atoms with E-state index in [0.717, 1.165) is 16.9 Å². The molecule has 3 rings (SSSR count). The van der Waals surface area contributed by atoms with Gasteiger partial charge in [-0.15, -0.1) is 0 Å². The molecule has 0 aliphatic rings. The van der Waals surface area contributed by atoms with Gasteiger partial charge in [-0.3, -0.25) is 9.59 Å². The van der Waals surface area contributed by atoms with Gasteiger partial charge in [-0.1, -0.05) is 29.8 Å². The Kier molecular flexibility index (Phi) is 7.21. The summed E-state index contributed by atoms with van der Waals surface area (Å²) in [7, 11) is 1.48. The lowest BCUT2D eigenvalue weighted by Gasteiger charge is -2.11. The third-order valence-electron chi connectivity index (χ3n) is 4.32. The van der Waals surface area contributed by atoms with Gasteiger partial charge in [-0.25, -0.2) is 4.98 Å². The summed E-state index contributed by atoms with van der Waals surface area (Å²) < 4.78 is 6.71. The van der Waals surface area contributed by atoms with Gasteiger partial charge in [0.25, 0.3) is 0 Å². The van der Waals surface area contributed by atoms with Crippen molar-refractivity contribution < 1.29 is 14.3 Å². The van der Waals surface area contributed by atoms with E-state index >= 15 is 0 Å². The number of aryl methyl sites for hydroxylation is 1. The second-order valence-electron chi connectivity index (χ2n) is 6.55. The van der Waals surface area contributed by atoms with Gasteiger partial charge in [0.2, 0.25) is 11.8 Å². The standard InChI is InChI=1S/C21H23ClN4O3/c1-29-14-21(28)23-11-5-10-19-25-17-8-2-3-9-18(17)26(19)13-20(27)24-16-7-4-6-15(22)12-16/h2-4,6-9,12H,5,10-11,13-14H2,1H3,(H,23,28)(H,24,27). The minimum absolute atomic E-state index is 0.0438. The second-order valence-corrected chi connectivity index (χ2v) is 6.98. The normalized spacial score (nSPS) is 10.8. The molecule has 2 aromatic carbocycles. The molecule has 29 heavy (non-hydrogen) atoms. The van der Waals surface area contributed by atoms with Crippen molar-refractivity contribution in [3.05, 3.63) is 59.4 Å². The molecule has 3 aromatic rings. The first-order chi connectivity index (χ1) is 14.1. The molecule has 0 saturated heterocycles. The highest BCUT2D eigenvalue weighted by Crippen LogP contribution is 2.18. The second kappa shape index (κ2) is 10.0. The van der Waals surface area contributed by atoms with Crippen molar-refractivity contribution in [3.63, 3.8) is 0 Å². The first-order valence-electron chi connectivity index (χ1n) is 9.32. The van der Waals surface area contributed by atoms with Gasteiger partial charge >= 0.3 is 0 Å². The Morgan fingerprint density at radius 2 is 1.97 bits per heavy atom. The molecule has 2 N–H and O–H groups in total. The minimum atomic E-state index is -0.162. The fourth-order valence-corrected chi connectivity index (χ4v) is 3.25. The van der Waals surface area contributed by atoms with Crippen LogP contribution in [0.2, 0.25) is 5.02 Å². The highest BCUT2D eigenvalue weighted by atomic mass is 35.5. The van der Waals surface area contributed by atoms with Crippen LogP contribution in [0.3, 0.4) is 0 Å². The largest absolute Gasteiger partial charge is 0.375 e. The molecule has 0 saturated carbocycles. The van der Waals surface area contributed by atoms with Crippen molar-refractivity contribution in [2.45, 2.75) is 19.4 Å². The topological polar surface area (TPSA) is 85.2 Å². The number of fused-ring (bicyclic) bond motifs is 1. The zero-order chi connectivity index (χ0) is 20.6. The smallest absolute Gasteiger partial charge is 0.245 e. The molecule has 0 radical (unpaired) electrons. The monoisotopic (exact) mass is 414 g/mol. The predicted molar refractivity (Wildman–Crippen MR) is 113 cm³/mol. The SMILES string of the molecule is COCC(=O)NCCCc1nc2ccccc2n1CC(=O)Nc1cccc(Cl)c1. The van der Waals surface area contributed by atoms with Gasteiger partial charge in [0.1, 0.15) is 19.0 Å². The van der Waals surface area contributed by atoms with Gasteiger partial charge in [0, 0.05) is 30.8 Å². The summed E-state index contributed by atoms with van der Waals surface area (Å²) in [6, 6.07) is 14.7. The summed E-state index contributed by atoms with van der Waals surface area (Å²) in [5.41, 5.74) is 2.38. The van der Waals surface area contributed by atoms with Crippen LogP contribution in [0.4, 0.5) is 5.69 Å². The van der Waals surface area contributed by atoms with Crippen LogP contribution in [0.25, 0.3) is 11.0 Å². The minimum Gasteiger partial charge on any atom is -0.375 e. The van der Waals surface area contributed by atoms with Gasteiger partial charge in [-0.05, 0) is 36.8 Å². The van der Waals surface area contributed by atoms with E-state index in [9.17, 15) is 9.59 Å². The molecule has 0 unspecified atom stereocenters. The fraction of sp³-hybridized carbons (Fsp3) is 0.286. The van der Waals surface area contributed by atoms with Crippen LogP contribution in [0, 0.1) is 0 Å². The number of anilines is 1. The number of rotatable bonds is 9. The zero-order valence-corrected chi connectivity index (χ0v) is 16.9. The molecule has 0 bridgehead atoms. The maximum absolute atomic E-state index is 12.6. The molecule has 8 heteroatoms. The molecule has 0 fully saturated rings. The van der Waals surface area contributed by atoms with Gasteiger partial charge in [0.15, 0.2) is 0 Å². The van der Waals surface area contributed by atoms with Crippen LogP contribution in [0.1, 0.15) is 12.2 Å². The summed E-state index contributed by atoms with van der Waals surface area (Å²) in [5.74, 6) is 0.486. The first kappa shape index (κ1) is 20.8. The number of carbonyl (C=O) groups is 2. The number of ether oxygens (including phenoxy) is 1. The molecule has 1 aromatic heterocycles. The van der Waals surface area contributed by atoms with Crippen molar-refractivity contribution >= 4 is 40.1 Å². The Morgan fingerprint density at radius 1 is 1.14 bits per heavy atom. The number of hydrogen-bond acceptors (Lipinski definition) is 4. The molecule has 7 nitrogen and oxygen atoms in total. The number of halogens is 1. The van der Waals surface area contributed by atoms with Crippen LogP contribution in [0.5, 0.6) is 0 Å². The van der Waals surface area contributed by atoms with Gasteiger partial charge < -0.3 is 19.9 Å². The Bertz CT molecular complexity index is 1000. The predicted octanol–water partition coefficient (Wildman–Crippen LogP) is 3.02. The van der Waals surface area contributed by atoms with Crippen molar-refractivity contribution in [1.29, 1.82) is 0 Å². The van der Waals surface area contributed by atoms with Crippen molar-refractivity contribution in [3.8, 4) is 0 Å². The summed E-state index contributed by atoms with van der Waals surface area (Å²) >= 11 is 5.98. The highest BCUT2D eigenvalue weighted by Gasteiger charge is 2.14. The fourth-order valence-electron chi connectivity index (χ4n) is 3.06. The number of aromatic nitrogens is 2. The Hall–Kier alpha value is -2.90. The van der Waals surface area contributed by atoms with Crippen LogP contribution >= 0.6 is 11.6 Å². The maximum atomic E-state index is 12.6. The lowest BCUT2D eigenvalue weighted by Crippen LogP contribution is -2.28. The molecular weight excluding hydrogens is 392 g/mol. The summed E-state index contributed by atoms with van der Waals surface area (Å²) in [6.45, 7) is 0.695. The summed E-state index contributed by atoms with van der Waals surface area (Å²) in [6.07, 6.45) is 1.33. The van der Waals surface area contributed by atoms with E-state index in [4.69, 9.17) is 16.3 Å². The summed E-state index contributed by atoms with van der Waals surface area (Å²) in [5, 5.41) is 6.22. The van der Waals surface area contributed by atoms with E-state index in [2.05, 4.69) is 15.6 Å². The molecule has 0 aliphatic carbocycles. The molecule has 2 amide bonds. The van der Waals surface area contributed by atoms with Crippen molar-refractivity contribution in [2.24, 2.45) is 0 Å². The zero-order valence-electron chi connectivity index (χ0n) is 16.2. The van der Waals surface area contributed by atoms with Gasteiger partial charge in [0.05, 0.1) is 11.0 Å². The molecular formula is C21H23ClN4O3. The third-order valence-corrected chi connectivity index (χ3v) is 4.55. The van der Waals surface area contributed by atoms with Crippen LogP contribution < -0.4 is 10.6 Å². The number of nitrogens with one attached hydrogen (secondary N) is 2. The molecule has 152 valence electrons. The van der Waals surface area contributed by atoms with Crippen molar-refractivity contribution in [1.82, 2.24) is 14.9 Å². The number of nitrogens with zero attached hydrogens (tertiary/aromatic N) is 2. The average Bonchev–Trinajstić information content (AvgIpc) is 3.03. The first-order valence-corrected chi connectivity index (χ1v) is 9.70. The van der Waals surface area contributed by atoms with Crippen LogP contribution in [-0.4, -0.2) is 41.6 Å².